The van der Waals surface area contributed by atoms with Crippen molar-refractivity contribution < 1.29 is 13.5 Å². The molecule has 2 N–H and O–H groups in total. The summed E-state index contributed by atoms with van der Waals surface area (Å²) < 4.78 is 28.1. The molecule has 2 aliphatic rings. The van der Waals surface area contributed by atoms with E-state index in [9.17, 15) is 13.5 Å². The molecule has 1 atom stereocenters. The van der Waals surface area contributed by atoms with Crippen molar-refractivity contribution in [2.24, 2.45) is 10.8 Å². The first-order valence-corrected chi connectivity index (χ1v) is 14.4. The Morgan fingerprint density at radius 3 is 2.24 bits per heavy atom. The summed E-state index contributed by atoms with van der Waals surface area (Å²) in [6.45, 7) is 11.0. The third-order valence-corrected chi connectivity index (χ3v) is 9.76. The lowest BCUT2D eigenvalue weighted by molar-refractivity contribution is -0.127. The predicted octanol–water partition coefficient (Wildman–Crippen LogP) is 3.31. The second-order valence-electron chi connectivity index (χ2n) is 11.6. The summed E-state index contributed by atoms with van der Waals surface area (Å²) in [4.78, 5) is 6.70. The average molecular weight is 525 g/mol. The highest BCUT2D eigenvalue weighted by Crippen LogP contribution is 2.50. The zero-order valence-corrected chi connectivity index (χ0v) is 23.7. The third-order valence-electron chi connectivity index (χ3n) is 8.19. The number of piperidine rings is 1. The van der Waals surface area contributed by atoms with Gasteiger partial charge < -0.3 is 10.0 Å². The van der Waals surface area contributed by atoms with Crippen LogP contribution in [0, 0.1) is 22.7 Å². The molecule has 2 aromatic rings. The van der Waals surface area contributed by atoms with Crippen LogP contribution in [0.4, 0.5) is 0 Å². The monoisotopic (exact) mass is 524 g/mol. The van der Waals surface area contributed by atoms with Crippen molar-refractivity contribution in [1.82, 2.24) is 18.9 Å². The van der Waals surface area contributed by atoms with Crippen LogP contribution < -0.4 is 4.72 Å². The van der Waals surface area contributed by atoms with Gasteiger partial charge in [0.1, 0.15) is 5.60 Å². The topological polar surface area (TPSA) is 85.8 Å². The van der Waals surface area contributed by atoms with Crippen LogP contribution >= 0.6 is 0 Å². The highest BCUT2D eigenvalue weighted by Gasteiger charge is 2.55. The normalized spacial score (nSPS) is 21.5. The number of benzene rings is 1. The van der Waals surface area contributed by atoms with Crippen molar-refractivity contribution in [3.63, 3.8) is 0 Å². The van der Waals surface area contributed by atoms with E-state index in [1.54, 1.807) is 12.4 Å². The maximum absolute atomic E-state index is 12.4. The molecule has 0 saturated carbocycles. The van der Waals surface area contributed by atoms with Crippen LogP contribution in [0.3, 0.4) is 0 Å². The van der Waals surface area contributed by atoms with Crippen LogP contribution in [-0.2, 0) is 15.8 Å². The summed E-state index contributed by atoms with van der Waals surface area (Å²) in [5, 5.41) is 12.4. The highest BCUT2D eigenvalue weighted by atomic mass is 32.2. The number of rotatable bonds is 6. The molecule has 7 nitrogen and oxygen atoms in total. The van der Waals surface area contributed by atoms with Gasteiger partial charge in [0, 0.05) is 67.6 Å². The molecule has 1 unspecified atom stereocenters. The Kier molecular flexibility index (Phi) is 7.59. The first-order chi connectivity index (χ1) is 17.3. The lowest BCUT2D eigenvalue weighted by Gasteiger charge is -2.55. The minimum atomic E-state index is -3.42. The summed E-state index contributed by atoms with van der Waals surface area (Å²) in [7, 11) is 0.0872. The van der Waals surface area contributed by atoms with Gasteiger partial charge in [0.25, 0.3) is 10.2 Å². The first-order valence-electron chi connectivity index (χ1n) is 13.0. The first kappa shape index (κ1) is 27.7. The Bertz CT molecular complexity index is 1280. The lowest BCUT2D eigenvalue weighted by Crippen LogP contribution is -2.63. The molecule has 37 heavy (non-hydrogen) atoms. The smallest absolute Gasteiger partial charge is 0.279 e. The summed E-state index contributed by atoms with van der Waals surface area (Å²) in [5.41, 5.74) is 1.72. The fourth-order valence-corrected chi connectivity index (χ4v) is 6.67. The Balaban J connectivity index is 1.64. The summed E-state index contributed by atoms with van der Waals surface area (Å²) in [5.74, 6) is 7.10. The van der Waals surface area contributed by atoms with Gasteiger partial charge in [-0.3, -0.25) is 4.98 Å². The van der Waals surface area contributed by atoms with Gasteiger partial charge in [-0.15, -0.1) is 0 Å². The Hall–Kier alpha value is -2.28. The molecule has 1 aromatic heterocycles. The number of aromatic nitrogens is 1. The molecule has 2 aliphatic heterocycles. The van der Waals surface area contributed by atoms with Crippen LogP contribution in [0.15, 0.2) is 42.7 Å². The molecule has 0 bridgehead atoms. The van der Waals surface area contributed by atoms with Gasteiger partial charge in [0.15, 0.2) is 0 Å². The predicted molar refractivity (Wildman–Crippen MR) is 147 cm³/mol. The van der Waals surface area contributed by atoms with E-state index in [2.05, 4.69) is 73.3 Å². The van der Waals surface area contributed by atoms with E-state index in [1.165, 1.54) is 16.9 Å². The standard InChI is InChI=1S/C29H40N4O3S/c1-22(2)24-7-9-25(10-8-24)29(34,28(4)20-32(6)21-28)26-17-23(18-31-19-26)11-12-27(3)13-15-33(16-14-27)37(35,36)30-5/h7-10,17-19,22,30,34H,13-16,20-21H2,1-6H3. The van der Waals surface area contributed by atoms with Crippen LogP contribution in [0.1, 0.15) is 68.7 Å². The lowest BCUT2D eigenvalue weighted by atomic mass is 9.62. The maximum Gasteiger partial charge on any atom is 0.279 e. The molecule has 0 amide bonds. The number of nitrogens with zero attached hydrogens (tertiary/aromatic N) is 3. The van der Waals surface area contributed by atoms with Gasteiger partial charge in [-0.2, -0.15) is 12.7 Å². The molecule has 8 heteroatoms. The van der Waals surface area contributed by atoms with Gasteiger partial charge in [-0.05, 0) is 49.9 Å². The minimum Gasteiger partial charge on any atom is -0.380 e. The quantitative estimate of drug-likeness (QED) is 0.567. The van der Waals surface area contributed by atoms with Gasteiger partial charge in [-0.1, -0.05) is 56.9 Å². The van der Waals surface area contributed by atoms with Crippen LogP contribution in [-0.4, -0.2) is 68.0 Å². The number of hydrogen-bond donors (Lipinski definition) is 2. The Labute approximate surface area is 222 Å². The number of pyridine rings is 1. The number of hydrogen-bond acceptors (Lipinski definition) is 5. The highest BCUT2D eigenvalue weighted by molar-refractivity contribution is 7.87. The molecule has 2 fully saturated rings. The van der Waals surface area contributed by atoms with Crippen molar-refractivity contribution in [2.75, 3.05) is 40.3 Å². The van der Waals surface area contributed by atoms with E-state index in [4.69, 9.17) is 0 Å². The molecule has 3 heterocycles. The van der Waals surface area contributed by atoms with Crippen molar-refractivity contribution in [2.45, 2.75) is 52.1 Å². The molecular weight excluding hydrogens is 484 g/mol. The molecule has 2 saturated heterocycles. The minimum absolute atomic E-state index is 0.290. The SMILES string of the molecule is CNS(=O)(=O)N1CCC(C)(C#Cc2cncc(C(O)(c3ccc(C(C)C)cc3)C3(C)CN(C)C3)c2)CC1. The zero-order chi connectivity index (χ0) is 27.1. The van der Waals surface area contributed by atoms with Crippen LogP contribution in [0.2, 0.25) is 0 Å². The van der Waals surface area contributed by atoms with E-state index < -0.39 is 15.8 Å². The van der Waals surface area contributed by atoms with E-state index in [0.717, 1.165) is 29.8 Å². The largest absolute Gasteiger partial charge is 0.380 e. The van der Waals surface area contributed by atoms with Crippen LogP contribution in [0.25, 0.3) is 0 Å². The molecule has 0 aliphatic carbocycles. The van der Waals surface area contributed by atoms with Gasteiger partial charge in [0.05, 0.1) is 0 Å². The Morgan fingerprint density at radius 1 is 1.08 bits per heavy atom. The van der Waals surface area contributed by atoms with Crippen molar-refractivity contribution in [3.8, 4) is 11.8 Å². The molecule has 1 aromatic carbocycles. The van der Waals surface area contributed by atoms with Crippen molar-refractivity contribution >= 4 is 10.2 Å². The fraction of sp³-hybridized carbons (Fsp3) is 0.552. The number of likely N-dealkylation sites (tertiary alicyclic amines) is 1. The van der Waals surface area contributed by atoms with E-state index in [-0.39, 0.29) is 10.8 Å². The van der Waals surface area contributed by atoms with E-state index in [1.807, 2.05) is 18.2 Å². The number of aliphatic hydroxyl groups is 1. The molecule has 4 rings (SSSR count). The molecule has 0 spiro atoms. The van der Waals surface area contributed by atoms with Gasteiger partial charge >= 0.3 is 0 Å². The van der Waals surface area contributed by atoms with E-state index in [0.29, 0.717) is 31.8 Å². The summed E-state index contributed by atoms with van der Waals surface area (Å²) >= 11 is 0. The maximum atomic E-state index is 12.4. The van der Waals surface area contributed by atoms with Gasteiger partial charge in [0.2, 0.25) is 0 Å². The fourth-order valence-electron chi connectivity index (χ4n) is 5.75. The second kappa shape index (κ2) is 10.1. The van der Waals surface area contributed by atoms with E-state index >= 15 is 0 Å². The summed E-state index contributed by atoms with van der Waals surface area (Å²) in [6.07, 6.45) is 4.81. The van der Waals surface area contributed by atoms with Crippen molar-refractivity contribution in [1.29, 1.82) is 0 Å². The Morgan fingerprint density at radius 2 is 1.70 bits per heavy atom. The summed E-state index contributed by atoms with van der Waals surface area (Å²) in [6, 6.07) is 10.3. The average Bonchev–Trinajstić information content (AvgIpc) is 2.86. The third kappa shape index (κ3) is 5.34. The molecular formula is C29H40N4O3S. The second-order valence-corrected chi connectivity index (χ2v) is 13.5. The molecule has 0 radical (unpaired) electrons. The van der Waals surface area contributed by atoms with Crippen molar-refractivity contribution in [3.05, 3.63) is 65.0 Å². The zero-order valence-electron chi connectivity index (χ0n) is 22.9. The number of nitrogens with one attached hydrogen (secondary N) is 1. The van der Waals surface area contributed by atoms with Crippen LogP contribution in [0.5, 0.6) is 0 Å². The molecule has 200 valence electrons. The van der Waals surface area contributed by atoms with Gasteiger partial charge in [-0.25, -0.2) is 4.72 Å².